The summed E-state index contributed by atoms with van der Waals surface area (Å²) in [5, 5.41) is 8.90. The zero-order chi connectivity index (χ0) is 21.3. The van der Waals surface area contributed by atoms with Crippen LogP contribution >= 0.6 is 11.8 Å². The van der Waals surface area contributed by atoms with E-state index < -0.39 is 5.97 Å². The van der Waals surface area contributed by atoms with E-state index in [1.165, 1.54) is 11.8 Å². The molecule has 1 heterocycles. The predicted molar refractivity (Wildman–Crippen MR) is 117 cm³/mol. The van der Waals surface area contributed by atoms with Crippen LogP contribution in [0.3, 0.4) is 0 Å². The fourth-order valence-electron chi connectivity index (χ4n) is 3.64. The molecule has 5 nitrogen and oxygen atoms in total. The first-order valence-electron chi connectivity index (χ1n) is 10.3. The molecule has 0 aromatic heterocycles. The van der Waals surface area contributed by atoms with Crippen LogP contribution in [-0.2, 0) is 15.3 Å². The average molecular weight is 423 g/mol. The van der Waals surface area contributed by atoms with E-state index in [9.17, 15) is 9.59 Å². The van der Waals surface area contributed by atoms with Crippen molar-refractivity contribution in [2.75, 3.05) is 13.2 Å². The Morgan fingerprint density at radius 3 is 2.67 bits per heavy atom. The normalized spacial score (nSPS) is 16.0. The lowest BCUT2D eigenvalue weighted by Gasteiger charge is -2.35. The molecule has 2 aromatic rings. The highest BCUT2D eigenvalue weighted by Crippen LogP contribution is 2.27. The minimum Gasteiger partial charge on any atom is -0.452 e. The number of nitrogens with zero attached hydrogens (tertiary/aromatic N) is 2. The molecular weight excluding hydrogens is 396 g/mol. The van der Waals surface area contributed by atoms with Gasteiger partial charge in [0.15, 0.2) is 6.61 Å². The van der Waals surface area contributed by atoms with E-state index >= 15 is 0 Å². The van der Waals surface area contributed by atoms with Crippen molar-refractivity contribution in [1.29, 1.82) is 5.26 Å². The summed E-state index contributed by atoms with van der Waals surface area (Å²) in [4.78, 5) is 27.9. The second-order valence-corrected chi connectivity index (χ2v) is 8.33. The van der Waals surface area contributed by atoms with Gasteiger partial charge in [0.2, 0.25) is 0 Å². The minimum atomic E-state index is -0.476. The summed E-state index contributed by atoms with van der Waals surface area (Å²) in [6.45, 7) is 2.61. The Hall–Kier alpha value is -2.78. The first-order valence-corrected chi connectivity index (χ1v) is 11.3. The zero-order valence-corrected chi connectivity index (χ0v) is 18.0. The molecule has 0 aliphatic carbocycles. The molecule has 1 aliphatic heterocycles. The van der Waals surface area contributed by atoms with Crippen molar-refractivity contribution in [3.63, 3.8) is 0 Å². The lowest BCUT2D eigenvalue weighted by Crippen LogP contribution is -2.45. The number of hydrogen-bond donors (Lipinski definition) is 0. The number of ether oxygens (including phenoxy) is 1. The number of esters is 1. The van der Waals surface area contributed by atoms with Gasteiger partial charge in [0.05, 0.1) is 17.2 Å². The van der Waals surface area contributed by atoms with Gasteiger partial charge < -0.3 is 9.64 Å². The molecule has 3 rings (SSSR count). The van der Waals surface area contributed by atoms with Gasteiger partial charge in [-0.05, 0) is 55.5 Å². The summed E-state index contributed by atoms with van der Waals surface area (Å²) in [5.41, 5.74) is 2.15. The molecule has 1 amide bonds. The van der Waals surface area contributed by atoms with Gasteiger partial charge in [-0.2, -0.15) is 5.26 Å². The van der Waals surface area contributed by atoms with Gasteiger partial charge in [0.1, 0.15) is 0 Å². The fourth-order valence-corrected chi connectivity index (χ4v) is 4.64. The molecule has 2 aromatic carbocycles. The first-order chi connectivity index (χ1) is 14.6. The van der Waals surface area contributed by atoms with Gasteiger partial charge in [-0.1, -0.05) is 31.2 Å². The maximum atomic E-state index is 12.7. The molecular formula is C24H26N2O3S. The van der Waals surface area contributed by atoms with E-state index in [1.807, 2.05) is 29.2 Å². The molecule has 30 heavy (non-hydrogen) atoms. The molecule has 156 valence electrons. The molecule has 6 heteroatoms. The number of carbonyl (C=O) groups is 2. The highest BCUT2D eigenvalue weighted by Gasteiger charge is 2.26. The maximum Gasteiger partial charge on any atom is 0.339 e. The van der Waals surface area contributed by atoms with Crippen molar-refractivity contribution in [1.82, 2.24) is 4.90 Å². The standard InChI is InChI=1S/C24H26N2O3S/c1-2-20-7-5-6-14-26(20)23(27)16-29-24(28)21-8-3-4-9-22(21)30-17-19-12-10-18(15-25)11-13-19/h3-4,8-13,20H,2,5-7,14,16-17H2,1H3/t20-/m1/s1. The molecule has 0 spiro atoms. The topological polar surface area (TPSA) is 70.4 Å². The van der Waals surface area contributed by atoms with Gasteiger partial charge >= 0.3 is 5.97 Å². The quantitative estimate of drug-likeness (QED) is 0.474. The average Bonchev–Trinajstić information content (AvgIpc) is 2.81. The first kappa shape index (κ1) is 21.9. The summed E-state index contributed by atoms with van der Waals surface area (Å²) in [6.07, 6.45) is 4.09. The molecule has 0 N–H and O–H groups in total. The highest BCUT2D eigenvalue weighted by atomic mass is 32.2. The van der Waals surface area contributed by atoms with Crippen molar-refractivity contribution < 1.29 is 14.3 Å². The van der Waals surface area contributed by atoms with Crippen LogP contribution in [0.25, 0.3) is 0 Å². The van der Waals surface area contributed by atoms with Crippen LogP contribution in [0.2, 0.25) is 0 Å². The Labute approximate surface area is 182 Å². The van der Waals surface area contributed by atoms with Gasteiger partial charge in [-0.25, -0.2) is 4.79 Å². The molecule has 0 radical (unpaired) electrons. The Balaban J connectivity index is 1.59. The Bertz CT molecular complexity index is 921. The van der Waals surface area contributed by atoms with Crippen molar-refractivity contribution in [2.45, 2.75) is 49.3 Å². The van der Waals surface area contributed by atoms with Gasteiger partial charge in [0.25, 0.3) is 5.91 Å². The van der Waals surface area contributed by atoms with Crippen molar-refractivity contribution in [3.05, 3.63) is 65.2 Å². The smallest absolute Gasteiger partial charge is 0.339 e. The Kier molecular flexibility index (Phi) is 7.92. The van der Waals surface area contributed by atoms with E-state index in [0.717, 1.165) is 42.7 Å². The second kappa shape index (κ2) is 10.8. The van der Waals surface area contributed by atoms with Crippen molar-refractivity contribution >= 4 is 23.6 Å². The molecule has 1 aliphatic rings. The molecule has 0 unspecified atom stereocenters. The number of rotatable bonds is 7. The van der Waals surface area contributed by atoms with Gasteiger partial charge in [-0.15, -0.1) is 11.8 Å². The maximum absolute atomic E-state index is 12.7. The third kappa shape index (κ3) is 5.64. The zero-order valence-electron chi connectivity index (χ0n) is 17.2. The summed E-state index contributed by atoms with van der Waals surface area (Å²) in [7, 11) is 0. The van der Waals surface area contributed by atoms with E-state index in [-0.39, 0.29) is 18.6 Å². The fraction of sp³-hybridized carbons (Fsp3) is 0.375. The SMILES string of the molecule is CC[C@@H]1CCCCN1C(=O)COC(=O)c1ccccc1SCc1ccc(C#N)cc1. The molecule has 1 saturated heterocycles. The number of carbonyl (C=O) groups excluding carboxylic acids is 2. The van der Waals surface area contributed by atoms with E-state index in [4.69, 9.17) is 10.00 Å². The van der Waals surface area contributed by atoms with E-state index in [0.29, 0.717) is 16.9 Å². The number of hydrogen-bond acceptors (Lipinski definition) is 5. The number of amides is 1. The Morgan fingerprint density at radius 1 is 1.17 bits per heavy atom. The number of nitriles is 1. The molecule has 0 saturated carbocycles. The van der Waals surface area contributed by atoms with Gasteiger partial charge in [0, 0.05) is 23.2 Å². The van der Waals surface area contributed by atoms with Crippen molar-refractivity contribution in [2.24, 2.45) is 0 Å². The third-order valence-corrected chi connectivity index (χ3v) is 6.47. The van der Waals surface area contributed by atoms with Crippen LogP contribution in [0.4, 0.5) is 0 Å². The minimum absolute atomic E-state index is 0.113. The monoisotopic (exact) mass is 422 g/mol. The summed E-state index contributed by atoms with van der Waals surface area (Å²) < 4.78 is 5.38. The van der Waals surface area contributed by atoms with E-state index in [2.05, 4.69) is 13.0 Å². The number of likely N-dealkylation sites (tertiary alicyclic amines) is 1. The summed E-state index contributed by atoms with van der Waals surface area (Å²) in [6, 6.07) is 17.0. The lowest BCUT2D eigenvalue weighted by atomic mass is 10.00. The Morgan fingerprint density at radius 2 is 1.93 bits per heavy atom. The third-order valence-electron chi connectivity index (χ3n) is 5.33. The number of piperidine rings is 1. The van der Waals surface area contributed by atoms with Crippen LogP contribution in [0, 0.1) is 11.3 Å². The summed E-state index contributed by atoms with van der Waals surface area (Å²) >= 11 is 1.53. The van der Waals surface area contributed by atoms with Crippen LogP contribution in [0.15, 0.2) is 53.4 Å². The van der Waals surface area contributed by atoms with Gasteiger partial charge in [-0.3, -0.25) is 4.79 Å². The van der Waals surface area contributed by atoms with Crippen LogP contribution < -0.4 is 0 Å². The second-order valence-electron chi connectivity index (χ2n) is 7.31. The number of thioether (sulfide) groups is 1. The van der Waals surface area contributed by atoms with Crippen LogP contribution in [0.5, 0.6) is 0 Å². The summed E-state index contributed by atoms with van der Waals surface area (Å²) in [5.74, 6) is 0.0786. The molecule has 1 fully saturated rings. The highest BCUT2D eigenvalue weighted by molar-refractivity contribution is 7.98. The number of benzene rings is 2. The predicted octanol–water partition coefficient (Wildman–Crippen LogP) is 4.80. The van der Waals surface area contributed by atoms with E-state index in [1.54, 1.807) is 24.3 Å². The molecule has 0 bridgehead atoms. The van der Waals surface area contributed by atoms with Crippen LogP contribution in [-0.4, -0.2) is 36.0 Å². The molecule has 1 atom stereocenters. The lowest BCUT2D eigenvalue weighted by molar-refractivity contribution is -0.138. The largest absolute Gasteiger partial charge is 0.452 e. The van der Waals surface area contributed by atoms with Crippen LogP contribution in [0.1, 0.15) is 54.1 Å². The van der Waals surface area contributed by atoms with Crippen molar-refractivity contribution in [3.8, 4) is 6.07 Å².